The van der Waals surface area contributed by atoms with Crippen LogP contribution in [0, 0.1) is 0 Å². The fraction of sp³-hybridized carbons (Fsp3) is 0.588. The molecule has 0 aromatic carbocycles. The summed E-state index contributed by atoms with van der Waals surface area (Å²) in [7, 11) is 0. The Balaban J connectivity index is 2.45. The van der Waals surface area contributed by atoms with Crippen LogP contribution in [0.15, 0.2) is 30.3 Å². The SMILES string of the molecule is C=C(F)/C(F)=C(\F)C(F)(F)[CH2][Sn][CH2]c1cn(CC(=O)NCCN(CC)CC)nn1. The molecule has 0 unspecified atom stereocenters. The zero-order chi connectivity index (χ0) is 22.0. The van der Waals surface area contributed by atoms with Gasteiger partial charge in [-0.3, -0.25) is 0 Å². The molecule has 0 aliphatic carbocycles. The summed E-state index contributed by atoms with van der Waals surface area (Å²) < 4.78 is 66.5. The number of halogens is 5. The van der Waals surface area contributed by atoms with Crippen molar-refractivity contribution in [1.29, 1.82) is 0 Å². The number of carbonyl (C=O) groups is 1. The number of aromatic nitrogens is 3. The third-order valence-corrected chi connectivity index (χ3v) is 7.67. The van der Waals surface area contributed by atoms with E-state index in [0.29, 0.717) is 12.2 Å². The van der Waals surface area contributed by atoms with E-state index in [-0.39, 0.29) is 16.9 Å². The van der Waals surface area contributed by atoms with Gasteiger partial charge in [0.25, 0.3) is 0 Å². The number of alkyl halides is 2. The van der Waals surface area contributed by atoms with Crippen molar-refractivity contribution < 1.29 is 26.7 Å². The fourth-order valence-electron chi connectivity index (χ4n) is 2.30. The molecule has 1 aromatic heterocycles. The minimum absolute atomic E-state index is 0.0619. The second-order valence-corrected chi connectivity index (χ2v) is 9.57. The van der Waals surface area contributed by atoms with E-state index in [2.05, 4.69) is 27.1 Å². The van der Waals surface area contributed by atoms with E-state index in [0.717, 1.165) is 19.6 Å². The number of hydrogen-bond donors (Lipinski definition) is 1. The summed E-state index contributed by atoms with van der Waals surface area (Å²) >= 11 is -1.90. The fourth-order valence-corrected chi connectivity index (χ4v) is 5.19. The summed E-state index contributed by atoms with van der Waals surface area (Å²) in [5.41, 5.74) is 0.392. The van der Waals surface area contributed by atoms with E-state index in [9.17, 15) is 26.7 Å². The van der Waals surface area contributed by atoms with Crippen LogP contribution in [-0.4, -0.2) is 79.0 Å². The number of hydrogen-bond acceptors (Lipinski definition) is 4. The van der Waals surface area contributed by atoms with E-state index in [1.807, 2.05) is 13.8 Å². The first-order valence-corrected chi connectivity index (χ1v) is 13.0. The standard InChI is InChI=1S/C11H20N5O.C6H4F5.Sn/c1-4-15(5-2)7-6-12-11(17)9-16-8-10(3)13-14-16;1-3(7)4(8)5(9)6(2,10)11;/h8H,3-7,9H2,1-2H3,(H,12,17);1-2H2;/b;5-4+;. The van der Waals surface area contributed by atoms with Crippen LogP contribution >= 0.6 is 0 Å². The molecule has 1 N–H and O–H groups in total. The summed E-state index contributed by atoms with van der Waals surface area (Å²) in [4.78, 5) is 14.0. The number of rotatable bonds is 13. The number of allylic oxidation sites excluding steroid dienone is 3. The van der Waals surface area contributed by atoms with Crippen molar-refractivity contribution in [2.75, 3.05) is 26.2 Å². The Kier molecular flexibility index (Phi) is 10.8. The third-order valence-electron chi connectivity index (χ3n) is 3.94. The molecule has 12 heteroatoms. The van der Waals surface area contributed by atoms with Crippen molar-refractivity contribution in [1.82, 2.24) is 25.2 Å². The van der Waals surface area contributed by atoms with Crippen LogP contribution in [0.1, 0.15) is 19.5 Å². The van der Waals surface area contributed by atoms with Crippen LogP contribution in [-0.2, 0) is 15.8 Å². The molecule has 6 nitrogen and oxygen atoms in total. The Labute approximate surface area is 176 Å². The molecule has 0 atom stereocenters. The van der Waals surface area contributed by atoms with Crippen LogP contribution in [0.25, 0.3) is 0 Å². The average Bonchev–Trinajstić information content (AvgIpc) is 3.10. The molecule has 162 valence electrons. The van der Waals surface area contributed by atoms with Crippen molar-refractivity contribution in [2.45, 2.75) is 35.2 Å². The second kappa shape index (κ2) is 12.3. The van der Waals surface area contributed by atoms with Gasteiger partial charge in [-0.05, 0) is 0 Å². The Morgan fingerprint density at radius 3 is 2.55 bits per heavy atom. The van der Waals surface area contributed by atoms with Crippen molar-refractivity contribution in [3.8, 4) is 0 Å². The molecule has 0 saturated heterocycles. The van der Waals surface area contributed by atoms with Gasteiger partial charge in [0.05, 0.1) is 0 Å². The number of amides is 1. The van der Waals surface area contributed by atoms with Gasteiger partial charge in [-0.15, -0.1) is 0 Å². The summed E-state index contributed by atoms with van der Waals surface area (Å²) in [5, 5.41) is 10.3. The molecule has 0 aliphatic heterocycles. The van der Waals surface area contributed by atoms with Crippen LogP contribution < -0.4 is 5.32 Å². The molecule has 29 heavy (non-hydrogen) atoms. The van der Waals surface area contributed by atoms with Crippen molar-refractivity contribution >= 4 is 27.0 Å². The van der Waals surface area contributed by atoms with Crippen LogP contribution in [0.5, 0.6) is 0 Å². The van der Waals surface area contributed by atoms with E-state index in [4.69, 9.17) is 0 Å². The second-order valence-electron chi connectivity index (χ2n) is 6.13. The summed E-state index contributed by atoms with van der Waals surface area (Å²) in [6.45, 7) is 9.45. The van der Waals surface area contributed by atoms with Gasteiger partial charge < -0.3 is 0 Å². The van der Waals surface area contributed by atoms with Gasteiger partial charge >= 0.3 is 176 Å². The molecular formula is C17H24F5N5OSn. The van der Waals surface area contributed by atoms with E-state index < -0.39 is 49.0 Å². The molecule has 0 saturated carbocycles. The van der Waals surface area contributed by atoms with Crippen molar-refractivity contribution in [3.63, 3.8) is 0 Å². The quantitative estimate of drug-likeness (QED) is 0.243. The van der Waals surface area contributed by atoms with Crippen LogP contribution in [0.4, 0.5) is 22.0 Å². The zero-order valence-electron chi connectivity index (χ0n) is 16.3. The predicted octanol–water partition coefficient (Wildman–Crippen LogP) is 2.63. The molecule has 1 aromatic rings. The molecule has 0 fully saturated rings. The topological polar surface area (TPSA) is 63.1 Å². The van der Waals surface area contributed by atoms with Gasteiger partial charge in [-0.25, -0.2) is 0 Å². The Bertz CT molecular complexity index is 721. The van der Waals surface area contributed by atoms with E-state index in [1.54, 1.807) is 0 Å². The third kappa shape index (κ3) is 8.81. The number of carbonyl (C=O) groups excluding carboxylic acids is 1. The molecule has 2 radical (unpaired) electrons. The van der Waals surface area contributed by atoms with Gasteiger partial charge in [0.2, 0.25) is 0 Å². The summed E-state index contributed by atoms with van der Waals surface area (Å²) in [6.07, 6.45) is 1.46. The monoisotopic (exact) mass is 529 g/mol. The number of nitrogens with zero attached hydrogens (tertiary/aromatic N) is 4. The first kappa shape index (κ1) is 25.5. The van der Waals surface area contributed by atoms with Gasteiger partial charge in [-0.1, -0.05) is 0 Å². The molecule has 0 spiro atoms. The van der Waals surface area contributed by atoms with E-state index >= 15 is 0 Å². The molecular weight excluding hydrogens is 504 g/mol. The average molecular weight is 528 g/mol. The molecule has 0 bridgehead atoms. The van der Waals surface area contributed by atoms with Gasteiger partial charge in [-0.2, -0.15) is 0 Å². The normalized spacial score (nSPS) is 12.8. The van der Waals surface area contributed by atoms with Gasteiger partial charge in [0.1, 0.15) is 0 Å². The number of likely N-dealkylation sites (N-methyl/N-ethyl adjacent to an activating group) is 1. The summed E-state index contributed by atoms with van der Waals surface area (Å²) in [6, 6.07) is 0. The predicted molar refractivity (Wildman–Crippen MR) is 99.5 cm³/mol. The van der Waals surface area contributed by atoms with E-state index in [1.165, 1.54) is 10.9 Å². The molecule has 1 rings (SSSR count). The maximum atomic E-state index is 13.6. The first-order chi connectivity index (χ1) is 13.6. The van der Waals surface area contributed by atoms with Gasteiger partial charge in [0, 0.05) is 0 Å². The Morgan fingerprint density at radius 1 is 1.31 bits per heavy atom. The Morgan fingerprint density at radius 2 is 1.97 bits per heavy atom. The minimum atomic E-state index is -4.08. The molecule has 1 heterocycles. The molecule has 1 amide bonds. The first-order valence-electron chi connectivity index (χ1n) is 8.97. The van der Waals surface area contributed by atoms with Gasteiger partial charge in [0.15, 0.2) is 0 Å². The zero-order valence-corrected chi connectivity index (χ0v) is 19.2. The maximum absolute atomic E-state index is 13.6. The van der Waals surface area contributed by atoms with Crippen LogP contribution in [0.2, 0.25) is 4.44 Å². The number of nitrogens with one attached hydrogen (secondary N) is 1. The van der Waals surface area contributed by atoms with Crippen molar-refractivity contribution in [2.24, 2.45) is 0 Å². The van der Waals surface area contributed by atoms with Crippen molar-refractivity contribution in [3.05, 3.63) is 36.0 Å². The Hall–Kier alpha value is -1.50. The molecule has 0 aliphatic rings. The summed E-state index contributed by atoms with van der Waals surface area (Å²) in [5.74, 6) is -10.9. The van der Waals surface area contributed by atoms with Crippen LogP contribution in [0.3, 0.4) is 0 Å².